The summed E-state index contributed by atoms with van der Waals surface area (Å²) in [6.45, 7) is 4.39. The Kier molecular flexibility index (Phi) is 3.10. The van der Waals surface area contributed by atoms with Gasteiger partial charge in [0.1, 0.15) is 0 Å². The molecule has 84 valence electrons. The van der Waals surface area contributed by atoms with Gasteiger partial charge in [0.25, 0.3) is 0 Å². The minimum atomic E-state index is 0.290. The van der Waals surface area contributed by atoms with E-state index in [0.29, 0.717) is 18.0 Å². The molecule has 3 heteroatoms. The number of nitrogens with zero attached hydrogens (tertiary/aromatic N) is 2. The number of hydrogen-bond donors (Lipinski definition) is 1. The second-order valence-electron chi connectivity index (χ2n) is 4.92. The van der Waals surface area contributed by atoms with Crippen molar-refractivity contribution < 1.29 is 0 Å². The lowest BCUT2D eigenvalue weighted by molar-refractivity contribution is 0.286. The monoisotopic (exact) mass is 207 g/mol. The van der Waals surface area contributed by atoms with Crippen molar-refractivity contribution >= 4 is 0 Å². The minimum Gasteiger partial charge on any atom is -0.326 e. The fourth-order valence-corrected chi connectivity index (χ4v) is 2.30. The highest BCUT2D eigenvalue weighted by Gasteiger charge is 2.24. The molecule has 2 unspecified atom stereocenters. The minimum absolute atomic E-state index is 0.290. The van der Waals surface area contributed by atoms with Crippen LogP contribution in [0.1, 0.15) is 57.1 Å². The molecule has 0 aliphatic heterocycles. The molecule has 1 aliphatic carbocycles. The van der Waals surface area contributed by atoms with Gasteiger partial charge >= 0.3 is 0 Å². The van der Waals surface area contributed by atoms with E-state index in [2.05, 4.69) is 29.8 Å². The molecule has 0 saturated heterocycles. The predicted molar refractivity (Wildman–Crippen MR) is 61.8 cm³/mol. The largest absolute Gasteiger partial charge is 0.326 e. The Morgan fingerprint density at radius 2 is 2.13 bits per heavy atom. The van der Waals surface area contributed by atoms with E-state index in [4.69, 9.17) is 5.73 Å². The van der Waals surface area contributed by atoms with E-state index in [0.717, 1.165) is 6.42 Å². The van der Waals surface area contributed by atoms with Crippen molar-refractivity contribution in [3.63, 3.8) is 0 Å². The van der Waals surface area contributed by atoms with Gasteiger partial charge in [-0.2, -0.15) is 5.10 Å². The molecule has 1 saturated carbocycles. The standard InChI is InChI=1S/C12H21N3/c1-9(2)10-7-14-15(8-10)12-6-4-3-5-11(12)13/h7-9,11-12H,3-6,13H2,1-2H3. The van der Waals surface area contributed by atoms with Crippen LogP contribution in [0.2, 0.25) is 0 Å². The van der Waals surface area contributed by atoms with Crippen LogP contribution in [0.25, 0.3) is 0 Å². The molecule has 15 heavy (non-hydrogen) atoms. The molecule has 2 rings (SSSR count). The molecule has 2 atom stereocenters. The lowest BCUT2D eigenvalue weighted by Crippen LogP contribution is -2.35. The molecule has 0 spiro atoms. The summed E-state index contributed by atoms with van der Waals surface area (Å²) >= 11 is 0. The van der Waals surface area contributed by atoms with Crippen molar-refractivity contribution in [2.75, 3.05) is 0 Å². The van der Waals surface area contributed by atoms with Gasteiger partial charge in [0, 0.05) is 12.2 Å². The Labute approximate surface area is 91.7 Å². The molecule has 0 bridgehead atoms. The van der Waals surface area contributed by atoms with Crippen molar-refractivity contribution in [1.82, 2.24) is 9.78 Å². The van der Waals surface area contributed by atoms with Crippen LogP contribution in [0.3, 0.4) is 0 Å². The van der Waals surface area contributed by atoms with Gasteiger partial charge in [0.2, 0.25) is 0 Å². The average molecular weight is 207 g/mol. The van der Waals surface area contributed by atoms with E-state index >= 15 is 0 Å². The Balaban J connectivity index is 2.13. The summed E-state index contributed by atoms with van der Waals surface area (Å²) < 4.78 is 2.08. The molecule has 2 N–H and O–H groups in total. The zero-order valence-corrected chi connectivity index (χ0v) is 9.69. The quantitative estimate of drug-likeness (QED) is 0.809. The first-order chi connectivity index (χ1) is 7.18. The molecule has 1 heterocycles. The maximum Gasteiger partial charge on any atom is 0.0670 e. The molecule has 0 aromatic carbocycles. The zero-order chi connectivity index (χ0) is 10.8. The summed E-state index contributed by atoms with van der Waals surface area (Å²) in [6.07, 6.45) is 9.03. The number of hydrogen-bond acceptors (Lipinski definition) is 2. The van der Waals surface area contributed by atoms with E-state index in [1.54, 1.807) is 0 Å². The van der Waals surface area contributed by atoms with Gasteiger partial charge < -0.3 is 5.73 Å². The molecule has 3 nitrogen and oxygen atoms in total. The zero-order valence-electron chi connectivity index (χ0n) is 9.69. The van der Waals surface area contributed by atoms with Crippen LogP contribution in [0.15, 0.2) is 12.4 Å². The number of aromatic nitrogens is 2. The second kappa shape index (κ2) is 4.35. The molecule has 1 fully saturated rings. The van der Waals surface area contributed by atoms with E-state index < -0.39 is 0 Å². The summed E-state index contributed by atoms with van der Waals surface area (Å²) in [5.74, 6) is 0.554. The van der Waals surface area contributed by atoms with Crippen molar-refractivity contribution in [3.05, 3.63) is 18.0 Å². The third kappa shape index (κ3) is 2.23. The Hall–Kier alpha value is -0.830. The molecule has 1 aliphatic rings. The SMILES string of the molecule is CC(C)c1cnn(C2CCCCC2N)c1. The molecule has 0 amide bonds. The van der Waals surface area contributed by atoms with E-state index in [-0.39, 0.29) is 0 Å². The maximum atomic E-state index is 6.14. The molecule has 0 radical (unpaired) electrons. The highest BCUT2D eigenvalue weighted by molar-refractivity contribution is 5.09. The Bertz CT molecular complexity index is 316. The van der Waals surface area contributed by atoms with Crippen LogP contribution < -0.4 is 5.73 Å². The summed E-state index contributed by atoms with van der Waals surface area (Å²) in [7, 11) is 0. The van der Waals surface area contributed by atoms with Gasteiger partial charge in [0.15, 0.2) is 0 Å². The number of rotatable bonds is 2. The number of nitrogens with two attached hydrogens (primary N) is 1. The fourth-order valence-electron chi connectivity index (χ4n) is 2.30. The van der Waals surface area contributed by atoms with E-state index in [1.807, 2.05) is 6.20 Å². The lowest BCUT2D eigenvalue weighted by Gasteiger charge is -2.28. The first-order valence-corrected chi connectivity index (χ1v) is 5.98. The van der Waals surface area contributed by atoms with Crippen molar-refractivity contribution in [2.24, 2.45) is 5.73 Å². The normalized spacial score (nSPS) is 27.2. The highest BCUT2D eigenvalue weighted by atomic mass is 15.3. The Morgan fingerprint density at radius 1 is 1.40 bits per heavy atom. The van der Waals surface area contributed by atoms with Crippen molar-refractivity contribution in [3.8, 4) is 0 Å². The van der Waals surface area contributed by atoms with Gasteiger partial charge in [0.05, 0.1) is 12.2 Å². The summed E-state index contributed by atoms with van der Waals surface area (Å²) in [5.41, 5.74) is 7.45. The predicted octanol–water partition coefficient (Wildman–Crippen LogP) is 2.45. The molecular weight excluding hydrogens is 186 g/mol. The van der Waals surface area contributed by atoms with Crippen LogP contribution in [0, 0.1) is 0 Å². The Morgan fingerprint density at radius 3 is 2.73 bits per heavy atom. The van der Waals surface area contributed by atoms with Crippen LogP contribution in [0.5, 0.6) is 0 Å². The fraction of sp³-hybridized carbons (Fsp3) is 0.750. The smallest absolute Gasteiger partial charge is 0.0670 e. The van der Waals surface area contributed by atoms with Gasteiger partial charge in [-0.15, -0.1) is 0 Å². The van der Waals surface area contributed by atoms with Gasteiger partial charge in [-0.05, 0) is 24.3 Å². The third-order valence-electron chi connectivity index (χ3n) is 3.41. The molecular formula is C12H21N3. The van der Waals surface area contributed by atoms with Gasteiger partial charge in [-0.3, -0.25) is 4.68 Å². The van der Waals surface area contributed by atoms with Crippen LogP contribution in [-0.2, 0) is 0 Å². The van der Waals surface area contributed by atoms with Crippen LogP contribution >= 0.6 is 0 Å². The van der Waals surface area contributed by atoms with Crippen molar-refractivity contribution in [1.29, 1.82) is 0 Å². The average Bonchev–Trinajstić information content (AvgIpc) is 2.67. The maximum absolute atomic E-state index is 6.14. The van der Waals surface area contributed by atoms with Crippen molar-refractivity contribution in [2.45, 2.75) is 57.5 Å². The molecule has 1 aromatic rings. The summed E-state index contributed by atoms with van der Waals surface area (Å²) in [6, 6.07) is 0.713. The van der Waals surface area contributed by atoms with Crippen LogP contribution in [0.4, 0.5) is 0 Å². The first-order valence-electron chi connectivity index (χ1n) is 5.98. The molecule has 1 aromatic heterocycles. The summed E-state index contributed by atoms with van der Waals surface area (Å²) in [5, 5.41) is 4.45. The van der Waals surface area contributed by atoms with Crippen LogP contribution in [-0.4, -0.2) is 15.8 Å². The van der Waals surface area contributed by atoms with Gasteiger partial charge in [-0.1, -0.05) is 26.7 Å². The first kappa shape index (κ1) is 10.7. The summed E-state index contributed by atoms with van der Waals surface area (Å²) in [4.78, 5) is 0. The van der Waals surface area contributed by atoms with E-state index in [1.165, 1.54) is 24.8 Å². The lowest BCUT2D eigenvalue weighted by atomic mass is 9.91. The second-order valence-corrected chi connectivity index (χ2v) is 4.92. The van der Waals surface area contributed by atoms with E-state index in [9.17, 15) is 0 Å². The third-order valence-corrected chi connectivity index (χ3v) is 3.41. The topological polar surface area (TPSA) is 43.8 Å². The van der Waals surface area contributed by atoms with Gasteiger partial charge in [-0.25, -0.2) is 0 Å². The highest BCUT2D eigenvalue weighted by Crippen LogP contribution is 2.27.